The van der Waals surface area contributed by atoms with E-state index in [1.165, 1.54) is 0 Å². The SMILES string of the molecule is CCOC(=O)C1=C(C)Nc2nn3c(C)c(C)c(C)nc3[n+]2[C@@H]1c1ccccc1. The molecule has 28 heavy (non-hydrogen) atoms. The third-order valence-corrected chi connectivity index (χ3v) is 5.34. The fraction of sp³-hybridized carbons (Fsp3) is 0.333. The van der Waals surface area contributed by atoms with Crippen molar-refractivity contribution < 1.29 is 14.1 Å². The van der Waals surface area contributed by atoms with E-state index >= 15 is 0 Å². The van der Waals surface area contributed by atoms with Crippen LogP contribution in [0.3, 0.4) is 0 Å². The number of esters is 1. The summed E-state index contributed by atoms with van der Waals surface area (Å²) in [6.07, 6.45) is 0. The highest BCUT2D eigenvalue weighted by Crippen LogP contribution is 2.31. The highest BCUT2D eigenvalue weighted by atomic mass is 16.5. The lowest BCUT2D eigenvalue weighted by atomic mass is 9.95. The average Bonchev–Trinajstić information content (AvgIpc) is 3.03. The molecule has 1 N–H and O–H groups in total. The van der Waals surface area contributed by atoms with Crippen molar-refractivity contribution in [3.05, 3.63) is 64.1 Å². The van der Waals surface area contributed by atoms with E-state index in [0.717, 1.165) is 28.2 Å². The quantitative estimate of drug-likeness (QED) is 0.560. The molecule has 3 heterocycles. The summed E-state index contributed by atoms with van der Waals surface area (Å²) in [7, 11) is 0. The van der Waals surface area contributed by atoms with Crippen molar-refractivity contribution in [2.75, 3.05) is 11.9 Å². The summed E-state index contributed by atoms with van der Waals surface area (Å²) in [5.74, 6) is 1.01. The summed E-state index contributed by atoms with van der Waals surface area (Å²) in [5.41, 5.74) is 5.34. The molecule has 0 fully saturated rings. The molecular weight excluding hydrogens is 354 g/mol. The number of nitrogens with zero attached hydrogens (tertiary/aromatic N) is 4. The predicted octanol–water partition coefficient (Wildman–Crippen LogP) is 2.79. The number of allylic oxidation sites excluding steroid dienone is 1. The largest absolute Gasteiger partial charge is 0.462 e. The van der Waals surface area contributed by atoms with Crippen LogP contribution in [0.15, 0.2) is 41.6 Å². The molecule has 2 aromatic heterocycles. The Bertz CT molecular complexity index is 1120. The Kier molecular flexibility index (Phi) is 4.37. The zero-order valence-electron chi connectivity index (χ0n) is 16.8. The Morgan fingerprint density at radius 3 is 2.61 bits per heavy atom. The molecule has 7 nitrogen and oxygen atoms in total. The van der Waals surface area contributed by atoms with Gasteiger partial charge in [-0.1, -0.05) is 30.3 Å². The van der Waals surface area contributed by atoms with Crippen LogP contribution in [0.2, 0.25) is 0 Å². The first-order valence-corrected chi connectivity index (χ1v) is 9.42. The smallest absolute Gasteiger partial charge is 0.359 e. The minimum Gasteiger partial charge on any atom is -0.462 e. The third-order valence-electron chi connectivity index (χ3n) is 5.34. The van der Waals surface area contributed by atoms with Gasteiger partial charge in [-0.05, 0) is 40.2 Å². The number of benzene rings is 1. The first-order chi connectivity index (χ1) is 13.4. The molecule has 0 saturated carbocycles. The van der Waals surface area contributed by atoms with Gasteiger partial charge in [0.15, 0.2) is 0 Å². The van der Waals surface area contributed by atoms with Crippen LogP contribution in [0.5, 0.6) is 0 Å². The third kappa shape index (κ3) is 2.66. The van der Waals surface area contributed by atoms with Crippen LogP contribution < -0.4 is 9.88 Å². The second kappa shape index (κ2) is 6.74. The molecule has 1 aromatic carbocycles. The number of hydrogen-bond acceptors (Lipinski definition) is 5. The predicted molar refractivity (Wildman–Crippen MR) is 105 cm³/mol. The molecule has 4 rings (SSSR count). The normalized spacial score (nSPS) is 16.1. The van der Waals surface area contributed by atoms with Gasteiger partial charge >= 0.3 is 17.7 Å². The van der Waals surface area contributed by atoms with E-state index in [-0.39, 0.29) is 12.0 Å². The molecule has 3 aromatic rings. The van der Waals surface area contributed by atoms with Gasteiger partial charge in [-0.15, -0.1) is 9.50 Å². The van der Waals surface area contributed by atoms with E-state index in [1.807, 2.05) is 74.0 Å². The average molecular weight is 378 g/mol. The lowest BCUT2D eigenvalue weighted by Gasteiger charge is -2.25. The Morgan fingerprint density at radius 1 is 1.21 bits per heavy atom. The van der Waals surface area contributed by atoms with E-state index in [2.05, 4.69) is 5.32 Å². The maximum absolute atomic E-state index is 12.9. The van der Waals surface area contributed by atoms with Gasteiger partial charge in [-0.25, -0.2) is 4.79 Å². The molecule has 0 spiro atoms. The van der Waals surface area contributed by atoms with Gasteiger partial charge in [0, 0.05) is 10.7 Å². The van der Waals surface area contributed by atoms with Crippen molar-refractivity contribution in [3.8, 4) is 0 Å². The Labute approximate surface area is 163 Å². The highest BCUT2D eigenvalue weighted by molar-refractivity contribution is 5.91. The summed E-state index contributed by atoms with van der Waals surface area (Å²) in [6, 6.07) is 9.55. The number of carbonyl (C=O) groups is 1. The number of aryl methyl sites for hydroxylation is 2. The second-order valence-electron chi connectivity index (χ2n) is 7.01. The zero-order valence-corrected chi connectivity index (χ0v) is 16.8. The molecule has 0 radical (unpaired) electrons. The first-order valence-electron chi connectivity index (χ1n) is 9.42. The summed E-state index contributed by atoms with van der Waals surface area (Å²) in [5, 5.41) is 8.01. The number of anilines is 1. The number of nitrogens with one attached hydrogen (secondary N) is 1. The van der Waals surface area contributed by atoms with Gasteiger partial charge in [0.05, 0.1) is 23.7 Å². The number of ether oxygens (including phenoxy) is 1. The molecule has 1 atom stereocenters. The zero-order chi connectivity index (χ0) is 20.0. The van der Waals surface area contributed by atoms with E-state index in [9.17, 15) is 4.79 Å². The van der Waals surface area contributed by atoms with Gasteiger partial charge < -0.3 is 4.74 Å². The van der Waals surface area contributed by atoms with Crippen LogP contribution in [-0.2, 0) is 9.53 Å². The molecule has 1 aliphatic rings. The fourth-order valence-electron chi connectivity index (χ4n) is 3.68. The topological polar surface area (TPSA) is 72.4 Å². The minimum absolute atomic E-state index is 0.319. The summed E-state index contributed by atoms with van der Waals surface area (Å²) >= 11 is 0. The Hall–Kier alpha value is -3.22. The molecular formula is C21H24N5O2+. The molecule has 7 heteroatoms. The molecule has 0 amide bonds. The van der Waals surface area contributed by atoms with Crippen LogP contribution in [0.25, 0.3) is 5.78 Å². The summed E-state index contributed by atoms with van der Waals surface area (Å²) in [6.45, 7) is 10.1. The van der Waals surface area contributed by atoms with Gasteiger partial charge in [-0.3, -0.25) is 5.32 Å². The lowest BCUT2D eigenvalue weighted by Crippen LogP contribution is -2.48. The van der Waals surface area contributed by atoms with Gasteiger partial charge in [0.2, 0.25) is 0 Å². The van der Waals surface area contributed by atoms with Crippen molar-refractivity contribution in [2.24, 2.45) is 0 Å². The van der Waals surface area contributed by atoms with E-state index in [0.29, 0.717) is 23.9 Å². The highest BCUT2D eigenvalue weighted by Gasteiger charge is 2.40. The number of fused-ring (bicyclic) bond motifs is 3. The van der Waals surface area contributed by atoms with Crippen molar-refractivity contribution in [3.63, 3.8) is 0 Å². The maximum atomic E-state index is 12.9. The number of hydrogen-bond donors (Lipinski definition) is 1. The van der Waals surface area contributed by atoms with Crippen molar-refractivity contribution in [1.82, 2.24) is 14.6 Å². The van der Waals surface area contributed by atoms with Crippen molar-refractivity contribution in [2.45, 2.75) is 40.7 Å². The van der Waals surface area contributed by atoms with Gasteiger partial charge in [0.25, 0.3) is 0 Å². The number of aromatic nitrogens is 4. The van der Waals surface area contributed by atoms with Crippen molar-refractivity contribution in [1.29, 1.82) is 0 Å². The van der Waals surface area contributed by atoms with Gasteiger partial charge in [-0.2, -0.15) is 4.57 Å². The van der Waals surface area contributed by atoms with E-state index in [1.54, 1.807) is 0 Å². The van der Waals surface area contributed by atoms with Crippen LogP contribution in [-0.4, -0.2) is 27.2 Å². The second-order valence-corrected chi connectivity index (χ2v) is 7.01. The number of rotatable bonds is 3. The van der Waals surface area contributed by atoms with Crippen molar-refractivity contribution >= 4 is 17.7 Å². The fourth-order valence-corrected chi connectivity index (χ4v) is 3.68. The van der Waals surface area contributed by atoms with Crippen LogP contribution in [0.1, 0.15) is 42.4 Å². The lowest BCUT2D eigenvalue weighted by molar-refractivity contribution is -0.670. The molecule has 0 unspecified atom stereocenters. The molecule has 1 aliphatic heterocycles. The molecule has 0 aliphatic carbocycles. The number of carbonyl (C=O) groups excluding carboxylic acids is 1. The monoisotopic (exact) mass is 378 g/mol. The van der Waals surface area contributed by atoms with Crippen LogP contribution in [0.4, 0.5) is 5.95 Å². The van der Waals surface area contributed by atoms with E-state index in [4.69, 9.17) is 14.8 Å². The maximum Gasteiger partial charge on any atom is 0.359 e. The summed E-state index contributed by atoms with van der Waals surface area (Å²) in [4.78, 5) is 17.7. The van der Waals surface area contributed by atoms with Crippen LogP contribution >= 0.6 is 0 Å². The van der Waals surface area contributed by atoms with E-state index < -0.39 is 0 Å². The van der Waals surface area contributed by atoms with Crippen LogP contribution in [0, 0.1) is 20.8 Å². The minimum atomic E-state index is -0.372. The molecule has 0 bridgehead atoms. The molecule has 144 valence electrons. The molecule has 0 saturated heterocycles. The standard InChI is InChI=1S/C21H23N5O2/c1-6-28-19(27)17-14(4)22-20-24-26-15(5)12(2)13(3)23-21(26)25(20)18(17)16-10-8-7-9-11-16/h7-11,18H,6H2,1-5H3/p+1/t18-/m1/s1. The van der Waals surface area contributed by atoms with Gasteiger partial charge in [0.1, 0.15) is 11.6 Å². The summed E-state index contributed by atoms with van der Waals surface area (Å²) < 4.78 is 9.19. The Morgan fingerprint density at radius 2 is 1.93 bits per heavy atom. The Balaban J connectivity index is 2.04. The first kappa shape index (κ1) is 18.2.